The van der Waals surface area contributed by atoms with Crippen molar-refractivity contribution in [3.05, 3.63) is 52.6 Å². The topological polar surface area (TPSA) is 51.2 Å². The molecule has 0 atom stereocenters. The number of carbonyl (C=O) groups excluding carboxylic acids is 1. The Kier molecular flexibility index (Phi) is 4.20. The summed E-state index contributed by atoms with van der Waals surface area (Å²) in [6, 6.07) is 5.33. The van der Waals surface area contributed by atoms with Crippen LogP contribution in [0.3, 0.4) is 0 Å². The molecule has 0 saturated carbocycles. The highest BCUT2D eigenvalue weighted by atomic mass is 35.5. The second-order valence-electron chi connectivity index (χ2n) is 3.97. The van der Waals surface area contributed by atoms with Crippen molar-refractivity contribution >= 4 is 23.1 Å². The first-order chi connectivity index (χ1) is 9.56. The molecule has 1 N–H and O–H groups in total. The standard InChI is InChI=1S/C14H12ClFN2O2/c1-17-11-5-8(15)7-18-13(11)14(19)10-6-9(16)3-4-12(10)20-2/h3-7,17H,1-2H3. The molecule has 0 aliphatic heterocycles. The fourth-order valence-electron chi connectivity index (χ4n) is 1.80. The molecule has 2 rings (SSSR count). The number of rotatable bonds is 4. The van der Waals surface area contributed by atoms with Crippen LogP contribution in [0.25, 0.3) is 0 Å². The zero-order valence-electron chi connectivity index (χ0n) is 10.9. The number of nitrogens with zero attached hydrogens (tertiary/aromatic N) is 1. The fraction of sp³-hybridized carbons (Fsp3) is 0.143. The van der Waals surface area contributed by atoms with Crippen molar-refractivity contribution in [2.24, 2.45) is 0 Å². The maximum absolute atomic E-state index is 13.3. The summed E-state index contributed by atoms with van der Waals surface area (Å²) in [7, 11) is 3.06. The second kappa shape index (κ2) is 5.88. The van der Waals surface area contributed by atoms with Crippen LogP contribution in [0.15, 0.2) is 30.5 Å². The lowest BCUT2D eigenvalue weighted by Crippen LogP contribution is -2.10. The number of nitrogens with one attached hydrogen (secondary N) is 1. The molecule has 4 nitrogen and oxygen atoms in total. The highest BCUT2D eigenvalue weighted by Crippen LogP contribution is 2.26. The summed E-state index contributed by atoms with van der Waals surface area (Å²) >= 11 is 5.83. The lowest BCUT2D eigenvalue weighted by molar-refractivity contribution is 0.103. The third-order valence-corrected chi connectivity index (χ3v) is 2.95. The molecule has 6 heteroatoms. The lowest BCUT2D eigenvalue weighted by Gasteiger charge is -2.10. The molecule has 0 radical (unpaired) electrons. The average Bonchev–Trinajstić information content (AvgIpc) is 2.46. The molecule has 104 valence electrons. The largest absolute Gasteiger partial charge is 0.496 e. The Balaban J connectivity index is 2.54. The zero-order valence-corrected chi connectivity index (χ0v) is 11.7. The molecular formula is C14H12ClFN2O2. The summed E-state index contributed by atoms with van der Waals surface area (Å²) in [5.74, 6) is -0.674. The maximum Gasteiger partial charge on any atom is 0.217 e. The Labute approximate surface area is 120 Å². The normalized spacial score (nSPS) is 10.2. The molecule has 0 spiro atoms. The van der Waals surface area contributed by atoms with Crippen molar-refractivity contribution in [1.29, 1.82) is 0 Å². The molecule has 0 unspecified atom stereocenters. The van der Waals surface area contributed by atoms with E-state index >= 15 is 0 Å². The zero-order chi connectivity index (χ0) is 14.7. The Morgan fingerprint density at radius 3 is 2.80 bits per heavy atom. The number of carbonyl (C=O) groups is 1. The number of hydrogen-bond acceptors (Lipinski definition) is 4. The number of methoxy groups -OCH3 is 1. The van der Waals surface area contributed by atoms with E-state index in [4.69, 9.17) is 16.3 Å². The lowest BCUT2D eigenvalue weighted by atomic mass is 10.1. The van der Waals surface area contributed by atoms with Crippen LogP contribution in [-0.4, -0.2) is 24.9 Å². The van der Waals surface area contributed by atoms with E-state index in [1.165, 1.54) is 25.4 Å². The van der Waals surface area contributed by atoms with Gasteiger partial charge in [-0.15, -0.1) is 0 Å². The van der Waals surface area contributed by atoms with Gasteiger partial charge in [0.05, 0.1) is 23.4 Å². The van der Waals surface area contributed by atoms with Gasteiger partial charge in [0.2, 0.25) is 5.78 Å². The molecule has 2 aromatic rings. The van der Waals surface area contributed by atoms with Gasteiger partial charge >= 0.3 is 0 Å². The average molecular weight is 295 g/mol. The molecule has 0 aliphatic rings. The van der Waals surface area contributed by atoms with Gasteiger partial charge in [-0.2, -0.15) is 0 Å². The highest BCUT2D eigenvalue weighted by Gasteiger charge is 2.20. The van der Waals surface area contributed by atoms with Gasteiger partial charge in [0.25, 0.3) is 0 Å². The summed E-state index contributed by atoms with van der Waals surface area (Å²) in [6.07, 6.45) is 1.36. The van der Waals surface area contributed by atoms with Crippen LogP contribution in [0.1, 0.15) is 16.1 Å². The van der Waals surface area contributed by atoms with Crippen LogP contribution in [0.5, 0.6) is 5.75 Å². The molecule has 0 saturated heterocycles. The summed E-state index contributed by atoms with van der Waals surface area (Å²) < 4.78 is 18.4. The van der Waals surface area contributed by atoms with Crippen LogP contribution >= 0.6 is 11.6 Å². The van der Waals surface area contributed by atoms with Crippen LogP contribution in [0.4, 0.5) is 10.1 Å². The molecule has 1 aromatic carbocycles. The minimum Gasteiger partial charge on any atom is -0.496 e. The molecular weight excluding hydrogens is 283 g/mol. The minimum atomic E-state index is -0.519. The Morgan fingerprint density at radius 1 is 1.40 bits per heavy atom. The number of aromatic nitrogens is 1. The van der Waals surface area contributed by atoms with Crippen molar-refractivity contribution in [3.63, 3.8) is 0 Å². The number of ether oxygens (including phenoxy) is 1. The predicted molar refractivity (Wildman–Crippen MR) is 75.2 cm³/mol. The Hall–Kier alpha value is -2.14. The molecule has 0 amide bonds. The van der Waals surface area contributed by atoms with Gasteiger partial charge in [-0.25, -0.2) is 9.37 Å². The number of pyridine rings is 1. The van der Waals surface area contributed by atoms with Crippen molar-refractivity contribution < 1.29 is 13.9 Å². The third-order valence-electron chi connectivity index (χ3n) is 2.74. The van der Waals surface area contributed by atoms with Crippen LogP contribution < -0.4 is 10.1 Å². The first-order valence-electron chi connectivity index (χ1n) is 5.78. The fourth-order valence-corrected chi connectivity index (χ4v) is 1.95. The maximum atomic E-state index is 13.3. The minimum absolute atomic E-state index is 0.110. The van der Waals surface area contributed by atoms with Gasteiger partial charge in [-0.3, -0.25) is 4.79 Å². The summed E-state index contributed by atoms with van der Waals surface area (Å²) in [5, 5.41) is 3.24. The van der Waals surface area contributed by atoms with E-state index in [0.29, 0.717) is 10.7 Å². The van der Waals surface area contributed by atoms with E-state index in [-0.39, 0.29) is 17.0 Å². The van der Waals surface area contributed by atoms with E-state index in [9.17, 15) is 9.18 Å². The summed E-state index contributed by atoms with van der Waals surface area (Å²) in [6.45, 7) is 0. The van der Waals surface area contributed by atoms with Gasteiger partial charge < -0.3 is 10.1 Å². The number of hydrogen-bond donors (Lipinski definition) is 1. The third kappa shape index (κ3) is 2.72. The van der Waals surface area contributed by atoms with E-state index in [1.54, 1.807) is 13.1 Å². The smallest absolute Gasteiger partial charge is 0.217 e. The van der Waals surface area contributed by atoms with Crippen LogP contribution in [0, 0.1) is 5.82 Å². The molecule has 0 fully saturated rings. The van der Waals surface area contributed by atoms with Crippen LogP contribution in [-0.2, 0) is 0 Å². The number of anilines is 1. The molecule has 20 heavy (non-hydrogen) atoms. The number of ketones is 1. The van der Waals surface area contributed by atoms with Crippen molar-refractivity contribution in [1.82, 2.24) is 4.98 Å². The molecule has 0 bridgehead atoms. The quantitative estimate of drug-likeness (QED) is 0.880. The predicted octanol–water partition coefficient (Wildman–Crippen LogP) is 3.16. The first kappa shape index (κ1) is 14.3. The first-order valence-corrected chi connectivity index (χ1v) is 6.16. The number of halogens is 2. The van der Waals surface area contributed by atoms with E-state index < -0.39 is 11.6 Å². The highest BCUT2D eigenvalue weighted by molar-refractivity contribution is 6.31. The van der Waals surface area contributed by atoms with Crippen LogP contribution in [0.2, 0.25) is 5.02 Å². The summed E-state index contributed by atoms with van der Waals surface area (Å²) in [4.78, 5) is 16.5. The van der Waals surface area contributed by atoms with Gasteiger partial charge in [-0.1, -0.05) is 11.6 Å². The molecule has 1 aromatic heterocycles. The van der Waals surface area contributed by atoms with E-state index in [1.807, 2.05) is 0 Å². The van der Waals surface area contributed by atoms with Gasteiger partial charge in [-0.05, 0) is 24.3 Å². The van der Waals surface area contributed by atoms with Crippen molar-refractivity contribution in [3.8, 4) is 5.75 Å². The Morgan fingerprint density at radius 2 is 2.15 bits per heavy atom. The SMILES string of the molecule is CNc1cc(Cl)cnc1C(=O)c1cc(F)ccc1OC. The van der Waals surface area contributed by atoms with Gasteiger partial charge in [0.1, 0.15) is 17.3 Å². The van der Waals surface area contributed by atoms with E-state index in [2.05, 4.69) is 10.3 Å². The van der Waals surface area contributed by atoms with Crippen molar-refractivity contribution in [2.75, 3.05) is 19.5 Å². The Bertz CT molecular complexity index is 662. The molecule has 1 heterocycles. The van der Waals surface area contributed by atoms with Gasteiger partial charge in [0, 0.05) is 13.2 Å². The monoisotopic (exact) mass is 294 g/mol. The van der Waals surface area contributed by atoms with Gasteiger partial charge in [0.15, 0.2) is 0 Å². The summed E-state index contributed by atoms with van der Waals surface area (Å²) in [5.41, 5.74) is 0.730. The van der Waals surface area contributed by atoms with Crippen molar-refractivity contribution in [2.45, 2.75) is 0 Å². The number of benzene rings is 1. The van der Waals surface area contributed by atoms with E-state index in [0.717, 1.165) is 6.07 Å². The molecule has 0 aliphatic carbocycles. The second-order valence-corrected chi connectivity index (χ2v) is 4.41.